The first-order valence-electron chi connectivity index (χ1n) is 10.2. The summed E-state index contributed by atoms with van der Waals surface area (Å²) in [5, 5.41) is 0.685. The number of nitrogens with zero attached hydrogens (tertiary/aromatic N) is 3. The average Bonchev–Trinajstić information content (AvgIpc) is 3.39. The monoisotopic (exact) mass is 431 g/mol. The van der Waals surface area contributed by atoms with Gasteiger partial charge in [0.1, 0.15) is 11.5 Å². The van der Waals surface area contributed by atoms with Crippen molar-refractivity contribution in [2.75, 3.05) is 39.8 Å². The Morgan fingerprint density at radius 1 is 1.20 bits per heavy atom. The fourth-order valence-corrected chi connectivity index (χ4v) is 4.37. The maximum atomic E-state index is 13.0. The lowest BCUT2D eigenvalue weighted by atomic mass is 10.1. The smallest absolute Gasteiger partial charge is 0.228 e. The number of benzene rings is 1. The molecule has 0 N–H and O–H groups in total. The number of likely N-dealkylation sites (tertiary alicyclic amines) is 1. The highest BCUT2D eigenvalue weighted by Crippen LogP contribution is 2.26. The van der Waals surface area contributed by atoms with Crippen molar-refractivity contribution in [2.45, 2.75) is 19.5 Å². The normalized spacial score (nSPS) is 20.1. The molecule has 0 aliphatic carbocycles. The lowest BCUT2D eigenvalue weighted by Gasteiger charge is -2.36. The van der Waals surface area contributed by atoms with Crippen LogP contribution in [0.5, 0.6) is 5.75 Å². The molecule has 1 aromatic carbocycles. The van der Waals surface area contributed by atoms with Crippen LogP contribution in [0, 0.1) is 5.92 Å². The molecule has 1 atom stereocenters. The van der Waals surface area contributed by atoms with Crippen molar-refractivity contribution in [2.24, 2.45) is 5.92 Å². The van der Waals surface area contributed by atoms with Gasteiger partial charge >= 0.3 is 0 Å². The minimum atomic E-state index is -0.271. The third-order valence-corrected chi connectivity index (χ3v) is 6.05. The van der Waals surface area contributed by atoms with Gasteiger partial charge in [0.05, 0.1) is 25.8 Å². The summed E-state index contributed by atoms with van der Waals surface area (Å²) in [5.74, 6) is 1.37. The van der Waals surface area contributed by atoms with Crippen LogP contribution in [0.15, 0.2) is 41.0 Å². The van der Waals surface area contributed by atoms with Crippen molar-refractivity contribution in [1.82, 2.24) is 14.7 Å². The molecule has 2 fully saturated rings. The number of carbonyl (C=O) groups excluding carboxylic acids is 2. The molecule has 0 radical (unpaired) electrons. The fraction of sp³-hybridized carbons (Fsp3) is 0.455. The lowest BCUT2D eigenvalue weighted by molar-refractivity contribution is -0.137. The van der Waals surface area contributed by atoms with E-state index in [1.54, 1.807) is 24.3 Å². The van der Waals surface area contributed by atoms with Crippen LogP contribution < -0.4 is 4.74 Å². The number of piperazine rings is 1. The number of amides is 2. The molecule has 160 valence electrons. The van der Waals surface area contributed by atoms with Gasteiger partial charge in [0, 0.05) is 56.3 Å². The number of furan rings is 1. The molecule has 0 spiro atoms. The first-order valence-corrected chi connectivity index (χ1v) is 10.5. The zero-order valence-corrected chi connectivity index (χ0v) is 17.8. The number of hydrogen-bond donors (Lipinski definition) is 0. The second kappa shape index (κ2) is 9.10. The lowest BCUT2D eigenvalue weighted by Crippen LogP contribution is -2.50. The number of ether oxygens (including phenoxy) is 1. The molecular formula is C22H26ClN3O4. The highest BCUT2D eigenvalue weighted by Gasteiger charge is 2.37. The molecule has 0 saturated carbocycles. The molecule has 2 saturated heterocycles. The molecule has 3 heterocycles. The minimum absolute atomic E-state index is 0.0106. The number of methoxy groups -OCH3 is 1. The van der Waals surface area contributed by atoms with Crippen LogP contribution in [0.25, 0.3) is 0 Å². The molecule has 2 amide bonds. The summed E-state index contributed by atoms with van der Waals surface area (Å²) in [5.41, 5.74) is 1.04. The van der Waals surface area contributed by atoms with Crippen molar-refractivity contribution in [3.05, 3.63) is 52.9 Å². The van der Waals surface area contributed by atoms with E-state index in [-0.39, 0.29) is 24.2 Å². The Hall–Kier alpha value is -2.51. The summed E-state index contributed by atoms with van der Waals surface area (Å²) in [7, 11) is 1.65. The Kier molecular flexibility index (Phi) is 6.29. The van der Waals surface area contributed by atoms with Crippen molar-refractivity contribution >= 4 is 23.4 Å². The topological polar surface area (TPSA) is 66.2 Å². The van der Waals surface area contributed by atoms with Gasteiger partial charge in [-0.15, -0.1) is 0 Å². The van der Waals surface area contributed by atoms with E-state index in [4.69, 9.17) is 20.8 Å². The van der Waals surface area contributed by atoms with Crippen LogP contribution in [-0.4, -0.2) is 66.3 Å². The largest absolute Gasteiger partial charge is 0.496 e. The molecule has 2 aliphatic heterocycles. The molecule has 2 aromatic rings. The second-order valence-electron chi connectivity index (χ2n) is 7.81. The van der Waals surface area contributed by atoms with Crippen LogP contribution >= 0.6 is 11.6 Å². The van der Waals surface area contributed by atoms with Crippen molar-refractivity contribution < 1.29 is 18.7 Å². The molecule has 7 nitrogen and oxygen atoms in total. The summed E-state index contributed by atoms with van der Waals surface area (Å²) in [6.07, 6.45) is 1.87. The summed E-state index contributed by atoms with van der Waals surface area (Å²) >= 11 is 6.13. The summed E-state index contributed by atoms with van der Waals surface area (Å²) < 4.78 is 10.8. The van der Waals surface area contributed by atoms with E-state index >= 15 is 0 Å². The highest BCUT2D eigenvalue weighted by molar-refractivity contribution is 6.30. The van der Waals surface area contributed by atoms with E-state index in [0.29, 0.717) is 31.2 Å². The van der Waals surface area contributed by atoms with Gasteiger partial charge < -0.3 is 19.0 Å². The maximum absolute atomic E-state index is 13.0. The first kappa shape index (κ1) is 20.8. The predicted octanol–water partition coefficient (Wildman–Crippen LogP) is 2.63. The van der Waals surface area contributed by atoms with Crippen molar-refractivity contribution in [3.8, 4) is 5.75 Å². The Bertz CT molecular complexity index is 894. The van der Waals surface area contributed by atoms with E-state index < -0.39 is 0 Å². The minimum Gasteiger partial charge on any atom is -0.496 e. The Balaban J connectivity index is 1.29. The SMILES string of the molecule is COc1ccc(Cl)cc1CN1CCN(C(=O)C2CC(=O)N(Cc3ccco3)C2)CC1. The van der Waals surface area contributed by atoms with E-state index in [2.05, 4.69) is 4.90 Å². The number of rotatable bonds is 6. The molecule has 4 rings (SSSR count). The summed E-state index contributed by atoms with van der Waals surface area (Å²) in [6.45, 7) is 4.47. The van der Waals surface area contributed by atoms with Gasteiger partial charge in [-0.25, -0.2) is 0 Å². The van der Waals surface area contributed by atoms with E-state index in [1.807, 2.05) is 29.2 Å². The van der Waals surface area contributed by atoms with Crippen molar-refractivity contribution in [1.29, 1.82) is 0 Å². The van der Waals surface area contributed by atoms with Crippen LogP contribution in [-0.2, 0) is 22.7 Å². The predicted molar refractivity (Wildman–Crippen MR) is 112 cm³/mol. The molecule has 1 aromatic heterocycles. The average molecular weight is 432 g/mol. The van der Waals surface area contributed by atoms with Gasteiger partial charge in [-0.3, -0.25) is 14.5 Å². The first-order chi connectivity index (χ1) is 14.5. The fourth-order valence-electron chi connectivity index (χ4n) is 4.18. The second-order valence-corrected chi connectivity index (χ2v) is 8.25. The molecule has 2 aliphatic rings. The van der Waals surface area contributed by atoms with Gasteiger partial charge in [-0.05, 0) is 30.3 Å². The van der Waals surface area contributed by atoms with Gasteiger partial charge in [-0.2, -0.15) is 0 Å². The maximum Gasteiger partial charge on any atom is 0.228 e. The van der Waals surface area contributed by atoms with Gasteiger partial charge in [0.25, 0.3) is 0 Å². The molecular weight excluding hydrogens is 406 g/mol. The Morgan fingerprint density at radius 2 is 2.00 bits per heavy atom. The van der Waals surface area contributed by atoms with Crippen LogP contribution in [0.3, 0.4) is 0 Å². The van der Waals surface area contributed by atoms with E-state index in [9.17, 15) is 9.59 Å². The summed E-state index contributed by atoms with van der Waals surface area (Å²) in [6, 6.07) is 9.27. The molecule has 1 unspecified atom stereocenters. The standard InChI is InChI=1S/C22H26ClN3O4/c1-29-20-5-4-18(23)11-16(20)13-24-6-8-25(9-7-24)22(28)17-12-21(27)26(14-17)15-19-3-2-10-30-19/h2-5,10-11,17H,6-9,12-15H2,1H3. The third-order valence-electron chi connectivity index (χ3n) is 5.81. The quantitative estimate of drug-likeness (QED) is 0.703. The number of halogens is 1. The third kappa shape index (κ3) is 4.63. The molecule has 30 heavy (non-hydrogen) atoms. The Morgan fingerprint density at radius 3 is 2.70 bits per heavy atom. The van der Waals surface area contributed by atoms with Crippen molar-refractivity contribution in [3.63, 3.8) is 0 Å². The Labute approximate surface area is 181 Å². The van der Waals surface area contributed by atoms with Gasteiger partial charge in [0.2, 0.25) is 11.8 Å². The number of carbonyl (C=O) groups is 2. The van der Waals surface area contributed by atoms with Gasteiger partial charge in [-0.1, -0.05) is 11.6 Å². The number of hydrogen-bond acceptors (Lipinski definition) is 5. The van der Waals surface area contributed by atoms with E-state index in [1.165, 1.54) is 0 Å². The molecule has 0 bridgehead atoms. The van der Waals surface area contributed by atoms with Crippen LogP contribution in [0.2, 0.25) is 5.02 Å². The zero-order valence-electron chi connectivity index (χ0n) is 17.1. The van der Waals surface area contributed by atoms with Gasteiger partial charge in [0.15, 0.2) is 0 Å². The molecule has 8 heteroatoms. The zero-order chi connectivity index (χ0) is 21.1. The highest BCUT2D eigenvalue weighted by atomic mass is 35.5. The summed E-state index contributed by atoms with van der Waals surface area (Å²) in [4.78, 5) is 31.2. The van der Waals surface area contributed by atoms with Crippen LogP contribution in [0.4, 0.5) is 0 Å². The van der Waals surface area contributed by atoms with E-state index in [0.717, 1.165) is 36.7 Å². The van der Waals surface area contributed by atoms with Crippen LogP contribution in [0.1, 0.15) is 17.7 Å².